The Bertz CT molecular complexity index is 753. The predicted molar refractivity (Wildman–Crippen MR) is 74.3 cm³/mol. The van der Waals surface area contributed by atoms with E-state index in [2.05, 4.69) is 10.4 Å². The lowest BCUT2D eigenvalue weighted by Gasteiger charge is -2.11. The zero-order valence-electron chi connectivity index (χ0n) is 11.9. The highest BCUT2D eigenvalue weighted by Crippen LogP contribution is 2.32. The monoisotopic (exact) mass is 327 g/mol. The molecule has 2 N–H and O–H groups in total. The second kappa shape index (κ2) is 6.11. The van der Waals surface area contributed by atoms with Crippen molar-refractivity contribution in [1.82, 2.24) is 9.78 Å². The molecule has 122 valence electrons. The first-order valence-electron chi connectivity index (χ1n) is 6.51. The highest BCUT2D eigenvalue weighted by molar-refractivity contribution is 6.05. The van der Waals surface area contributed by atoms with Crippen LogP contribution in [0.4, 0.5) is 18.9 Å². The van der Waals surface area contributed by atoms with Gasteiger partial charge in [-0.25, -0.2) is 4.79 Å². The first-order valence-corrected chi connectivity index (χ1v) is 6.51. The zero-order chi connectivity index (χ0) is 17.2. The molecule has 0 aliphatic rings. The number of carbonyl (C=O) groups excluding carboxylic acids is 1. The number of carboxylic acid groups (broad SMARTS) is 1. The average Bonchev–Trinajstić information content (AvgIpc) is 2.91. The third-order valence-corrected chi connectivity index (χ3v) is 3.02. The van der Waals surface area contributed by atoms with E-state index in [0.29, 0.717) is 4.68 Å². The van der Waals surface area contributed by atoms with Gasteiger partial charge < -0.3 is 10.4 Å². The number of alkyl halides is 3. The molecule has 9 heteroatoms. The van der Waals surface area contributed by atoms with E-state index >= 15 is 0 Å². The summed E-state index contributed by atoms with van der Waals surface area (Å²) in [4.78, 5) is 22.9. The standard InChI is InChI=1S/C14H12F3N3O3/c1-2-20-11(14(15,16)17)10(7-18-20)12(21)19-9-5-3-4-8(6-9)13(22)23/h3-7H,2H2,1H3,(H,19,21)(H,22,23). The van der Waals surface area contributed by atoms with E-state index in [9.17, 15) is 22.8 Å². The summed E-state index contributed by atoms with van der Waals surface area (Å²) >= 11 is 0. The van der Waals surface area contributed by atoms with E-state index in [4.69, 9.17) is 5.11 Å². The molecule has 0 unspecified atom stereocenters. The van der Waals surface area contributed by atoms with Crippen molar-refractivity contribution in [1.29, 1.82) is 0 Å². The second-order valence-electron chi connectivity index (χ2n) is 4.56. The van der Waals surface area contributed by atoms with Crippen LogP contribution in [0.3, 0.4) is 0 Å². The number of aromatic carboxylic acids is 1. The maximum atomic E-state index is 13.1. The Balaban J connectivity index is 2.34. The molecule has 1 amide bonds. The number of nitrogens with one attached hydrogen (secondary N) is 1. The van der Waals surface area contributed by atoms with Crippen LogP contribution in [0.15, 0.2) is 30.5 Å². The van der Waals surface area contributed by atoms with Crippen LogP contribution in [0.5, 0.6) is 0 Å². The van der Waals surface area contributed by atoms with Crippen LogP contribution in [-0.2, 0) is 12.7 Å². The van der Waals surface area contributed by atoms with Gasteiger partial charge in [0.15, 0.2) is 5.69 Å². The molecule has 6 nitrogen and oxygen atoms in total. The van der Waals surface area contributed by atoms with Crippen molar-refractivity contribution < 1.29 is 27.9 Å². The van der Waals surface area contributed by atoms with Crippen LogP contribution in [0.25, 0.3) is 0 Å². The lowest BCUT2D eigenvalue weighted by Crippen LogP contribution is -2.21. The topological polar surface area (TPSA) is 84.2 Å². The Kier molecular flexibility index (Phi) is 4.39. The summed E-state index contributed by atoms with van der Waals surface area (Å²) in [7, 11) is 0. The molecule has 2 aromatic rings. The number of hydrogen-bond acceptors (Lipinski definition) is 3. The maximum absolute atomic E-state index is 13.1. The summed E-state index contributed by atoms with van der Waals surface area (Å²) in [5, 5.41) is 14.7. The lowest BCUT2D eigenvalue weighted by atomic mass is 10.2. The second-order valence-corrected chi connectivity index (χ2v) is 4.56. The third kappa shape index (κ3) is 3.50. The SMILES string of the molecule is CCn1ncc(C(=O)Nc2cccc(C(=O)O)c2)c1C(F)(F)F. The Labute approximate surface area is 128 Å². The maximum Gasteiger partial charge on any atom is 0.433 e. The Hall–Kier alpha value is -2.84. The van der Waals surface area contributed by atoms with Gasteiger partial charge in [0.2, 0.25) is 0 Å². The molecule has 0 aliphatic heterocycles. The van der Waals surface area contributed by atoms with E-state index in [-0.39, 0.29) is 17.8 Å². The third-order valence-electron chi connectivity index (χ3n) is 3.02. The molecular formula is C14H12F3N3O3. The number of carboxylic acids is 1. The largest absolute Gasteiger partial charge is 0.478 e. The Morgan fingerprint density at radius 2 is 2.04 bits per heavy atom. The summed E-state index contributed by atoms with van der Waals surface area (Å²) in [6.07, 6.45) is -3.90. The van der Waals surface area contributed by atoms with Crippen molar-refractivity contribution in [3.8, 4) is 0 Å². The number of hydrogen-bond donors (Lipinski definition) is 2. The number of benzene rings is 1. The molecule has 2 rings (SSSR count). The molecule has 23 heavy (non-hydrogen) atoms. The van der Waals surface area contributed by atoms with Gasteiger partial charge in [0.05, 0.1) is 17.3 Å². The van der Waals surface area contributed by atoms with Gasteiger partial charge in [0.25, 0.3) is 5.91 Å². The highest BCUT2D eigenvalue weighted by atomic mass is 19.4. The summed E-state index contributed by atoms with van der Waals surface area (Å²) in [6, 6.07) is 5.20. The van der Waals surface area contributed by atoms with Crippen LogP contribution < -0.4 is 5.32 Å². The molecule has 0 fully saturated rings. The molecule has 0 aliphatic carbocycles. The van der Waals surface area contributed by atoms with Gasteiger partial charge in [-0.1, -0.05) is 6.07 Å². The van der Waals surface area contributed by atoms with Gasteiger partial charge in [-0.15, -0.1) is 0 Å². The van der Waals surface area contributed by atoms with Gasteiger partial charge in [0, 0.05) is 12.2 Å². The van der Waals surface area contributed by atoms with E-state index in [1.807, 2.05) is 0 Å². The minimum Gasteiger partial charge on any atom is -0.478 e. The smallest absolute Gasteiger partial charge is 0.433 e. The summed E-state index contributed by atoms with van der Waals surface area (Å²) in [5.74, 6) is -2.23. The fraction of sp³-hybridized carbons (Fsp3) is 0.214. The molecular weight excluding hydrogens is 315 g/mol. The van der Waals surface area contributed by atoms with E-state index in [0.717, 1.165) is 12.3 Å². The lowest BCUT2D eigenvalue weighted by molar-refractivity contribution is -0.144. The van der Waals surface area contributed by atoms with Crippen LogP contribution in [-0.4, -0.2) is 26.8 Å². The number of aromatic nitrogens is 2. The van der Waals surface area contributed by atoms with E-state index in [1.165, 1.54) is 25.1 Å². The van der Waals surface area contributed by atoms with Crippen molar-refractivity contribution in [2.24, 2.45) is 0 Å². The number of amides is 1. The zero-order valence-corrected chi connectivity index (χ0v) is 11.9. The quantitative estimate of drug-likeness (QED) is 0.904. The molecule has 1 heterocycles. The predicted octanol–water partition coefficient (Wildman–Crippen LogP) is 2.87. The highest BCUT2D eigenvalue weighted by Gasteiger charge is 2.39. The van der Waals surface area contributed by atoms with Crippen molar-refractivity contribution in [2.75, 3.05) is 5.32 Å². The number of nitrogens with zero attached hydrogens (tertiary/aromatic N) is 2. The molecule has 0 bridgehead atoms. The fourth-order valence-corrected chi connectivity index (χ4v) is 2.02. The van der Waals surface area contributed by atoms with Crippen molar-refractivity contribution in [2.45, 2.75) is 19.6 Å². The Morgan fingerprint density at radius 3 is 2.61 bits per heavy atom. The normalized spacial score (nSPS) is 11.3. The van der Waals surface area contributed by atoms with Gasteiger partial charge >= 0.3 is 12.1 Å². The number of aryl methyl sites for hydroxylation is 1. The van der Waals surface area contributed by atoms with Crippen molar-refractivity contribution in [3.63, 3.8) is 0 Å². The molecule has 0 spiro atoms. The van der Waals surface area contributed by atoms with Gasteiger partial charge in [-0.05, 0) is 25.1 Å². The average molecular weight is 327 g/mol. The van der Waals surface area contributed by atoms with Crippen molar-refractivity contribution >= 4 is 17.6 Å². The van der Waals surface area contributed by atoms with Gasteiger partial charge in [-0.2, -0.15) is 18.3 Å². The van der Waals surface area contributed by atoms with Crippen LogP contribution >= 0.6 is 0 Å². The molecule has 1 aromatic heterocycles. The molecule has 0 radical (unpaired) electrons. The van der Waals surface area contributed by atoms with Crippen LogP contribution in [0, 0.1) is 0 Å². The fourth-order valence-electron chi connectivity index (χ4n) is 2.02. The van der Waals surface area contributed by atoms with Crippen molar-refractivity contribution in [3.05, 3.63) is 47.3 Å². The number of rotatable bonds is 4. The van der Waals surface area contributed by atoms with Crippen LogP contribution in [0.2, 0.25) is 0 Å². The summed E-state index contributed by atoms with van der Waals surface area (Å²) in [5.41, 5.74) is -1.79. The molecule has 0 atom stereocenters. The first-order chi connectivity index (χ1) is 10.7. The molecule has 0 saturated heterocycles. The molecule has 0 saturated carbocycles. The van der Waals surface area contributed by atoms with Gasteiger partial charge in [-0.3, -0.25) is 9.48 Å². The van der Waals surface area contributed by atoms with Crippen LogP contribution in [0.1, 0.15) is 33.3 Å². The Morgan fingerprint density at radius 1 is 1.35 bits per heavy atom. The summed E-state index contributed by atoms with van der Waals surface area (Å²) in [6.45, 7) is 1.43. The number of halogens is 3. The van der Waals surface area contributed by atoms with E-state index < -0.39 is 29.3 Å². The van der Waals surface area contributed by atoms with E-state index in [1.54, 1.807) is 0 Å². The summed E-state index contributed by atoms with van der Waals surface area (Å²) < 4.78 is 39.9. The molecule has 1 aromatic carbocycles. The minimum atomic E-state index is -4.73. The minimum absolute atomic E-state index is 0.0450. The number of carbonyl (C=O) groups is 2. The first kappa shape index (κ1) is 16.5. The van der Waals surface area contributed by atoms with Gasteiger partial charge in [0.1, 0.15) is 0 Å². The number of anilines is 1.